The summed E-state index contributed by atoms with van der Waals surface area (Å²) in [5, 5.41) is 9.21. The Morgan fingerprint density at radius 3 is 2.33 bits per heavy atom. The molecule has 3 N–H and O–H groups in total. The van der Waals surface area contributed by atoms with Gasteiger partial charge in [-0.3, -0.25) is 0 Å². The van der Waals surface area contributed by atoms with Gasteiger partial charge in [-0.1, -0.05) is 44.2 Å². The molecule has 0 spiro atoms. The van der Waals surface area contributed by atoms with Gasteiger partial charge in [0.15, 0.2) is 0 Å². The van der Waals surface area contributed by atoms with Crippen LogP contribution in [-0.4, -0.2) is 11.1 Å². The van der Waals surface area contributed by atoms with Gasteiger partial charge in [-0.25, -0.2) is 4.79 Å². The second kappa shape index (κ2) is 4.45. The summed E-state index contributed by atoms with van der Waals surface area (Å²) < 4.78 is 0. The molecule has 0 aliphatic heterocycles. The van der Waals surface area contributed by atoms with Crippen LogP contribution in [0.25, 0.3) is 0 Å². The fourth-order valence-electron chi connectivity index (χ4n) is 1.71. The molecule has 1 aromatic rings. The first kappa shape index (κ1) is 11.7. The van der Waals surface area contributed by atoms with Crippen LogP contribution in [0.4, 0.5) is 0 Å². The monoisotopic (exact) mass is 207 g/mol. The minimum Gasteiger partial charge on any atom is -0.480 e. The molecule has 1 aromatic carbocycles. The normalized spacial score (nSPS) is 14.9. The molecule has 0 saturated heterocycles. The highest BCUT2D eigenvalue weighted by molar-refractivity contribution is 5.80. The number of carboxylic acids is 1. The standard InChI is InChI=1S/C12H17NO2/c1-9(2)8-12(13,11(14)15)10-6-4-3-5-7-10/h3-7,9H,8,13H2,1-2H3,(H,14,15)/t12-/m1/s1. The topological polar surface area (TPSA) is 63.3 Å². The maximum atomic E-state index is 11.2. The zero-order valence-electron chi connectivity index (χ0n) is 9.10. The maximum Gasteiger partial charge on any atom is 0.328 e. The average molecular weight is 207 g/mol. The van der Waals surface area contributed by atoms with Gasteiger partial charge in [0.2, 0.25) is 0 Å². The van der Waals surface area contributed by atoms with Gasteiger partial charge in [-0.05, 0) is 17.9 Å². The van der Waals surface area contributed by atoms with E-state index in [1.807, 2.05) is 19.9 Å². The molecule has 0 aliphatic carbocycles. The molecule has 0 amide bonds. The first-order valence-electron chi connectivity index (χ1n) is 5.04. The average Bonchev–Trinajstić information content (AvgIpc) is 2.17. The molecule has 0 heterocycles. The van der Waals surface area contributed by atoms with Crippen molar-refractivity contribution in [1.29, 1.82) is 0 Å². The number of aliphatic carboxylic acids is 1. The Hall–Kier alpha value is -1.35. The van der Waals surface area contributed by atoms with Crippen LogP contribution in [0.5, 0.6) is 0 Å². The third kappa shape index (κ3) is 2.57. The van der Waals surface area contributed by atoms with Crippen LogP contribution in [0, 0.1) is 5.92 Å². The van der Waals surface area contributed by atoms with Crippen LogP contribution in [0.15, 0.2) is 30.3 Å². The lowest BCUT2D eigenvalue weighted by Gasteiger charge is -2.27. The highest BCUT2D eigenvalue weighted by Gasteiger charge is 2.36. The zero-order chi connectivity index (χ0) is 11.5. The highest BCUT2D eigenvalue weighted by Crippen LogP contribution is 2.26. The van der Waals surface area contributed by atoms with Gasteiger partial charge < -0.3 is 10.8 Å². The predicted molar refractivity (Wildman–Crippen MR) is 59.4 cm³/mol. The minimum absolute atomic E-state index is 0.242. The summed E-state index contributed by atoms with van der Waals surface area (Å²) in [6.45, 7) is 3.93. The molecule has 15 heavy (non-hydrogen) atoms. The van der Waals surface area contributed by atoms with E-state index in [1.54, 1.807) is 24.3 Å². The summed E-state index contributed by atoms with van der Waals surface area (Å²) in [7, 11) is 0. The summed E-state index contributed by atoms with van der Waals surface area (Å²) >= 11 is 0. The Labute approximate surface area is 89.9 Å². The third-order valence-electron chi connectivity index (χ3n) is 2.40. The van der Waals surface area contributed by atoms with E-state index in [1.165, 1.54) is 0 Å². The SMILES string of the molecule is CC(C)C[C@](N)(C(=O)O)c1ccccc1. The molecule has 0 aliphatic rings. The van der Waals surface area contributed by atoms with Gasteiger partial charge in [0.05, 0.1) is 0 Å². The lowest BCUT2D eigenvalue weighted by Crippen LogP contribution is -2.45. The molecule has 1 atom stereocenters. The first-order chi connectivity index (χ1) is 6.97. The van der Waals surface area contributed by atoms with Crippen LogP contribution in [0.2, 0.25) is 0 Å². The van der Waals surface area contributed by atoms with Gasteiger partial charge in [0.1, 0.15) is 5.54 Å². The lowest BCUT2D eigenvalue weighted by atomic mass is 9.83. The summed E-state index contributed by atoms with van der Waals surface area (Å²) in [4.78, 5) is 11.2. The molecule has 0 radical (unpaired) electrons. The van der Waals surface area contributed by atoms with Crippen LogP contribution >= 0.6 is 0 Å². The third-order valence-corrected chi connectivity index (χ3v) is 2.40. The van der Waals surface area contributed by atoms with Crippen molar-refractivity contribution in [3.8, 4) is 0 Å². The summed E-state index contributed by atoms with van der Waals surface area (Å²) in [6, 6.07) is 8.98. The number of nitrogens with two attached hydrogens (primary N) is 1. The van der Waals surface area contributed by atoms with E-state index < -0.39 is 11.5 Å². The fourth-order valence-corrected chi connectivity index (χ4v) is 1.71. The van der Waals surface area contributed by atoms with Crippen molar-refractivity contribution >= 4 is 5.97 Å². The molecule has 82 valence electrons. The van der Waals surface area contributed by atoms with Gasteiger partial charge in [-0.15, -0.1) is 0 Å². The first-order valence-corrected chi connectivity index (χ1v) is 5.04. The lowest BCUT2D eigenvalue weighted by molar-refractivity contribution is -0.144. The van der Waals surface area contributed by atoms with Crippen molar-refractivity contribution in [2.24, 2.45) is 11.7 Å². The number of benzene rings is 1. The number of rotatable bonds is 4. The summed E-state index contributed by atoms with van der Waals surface area (Å²) in [5.74, 6) is -0.728. The van der Waals surface area contributed by atoms with E-state index in [0.717, 1.165) is 0 Å². The van der Waals surface area contributed by atoms with Crippen LogP contribution in [0.3, 0.4) is 0 Å². The highest BCUT2D eigenvalue weighted by atomic mass is 16.4. The Kier molecular flexibility index (Phi) is 3.48. The second-order valence-corrected chi connectivity index (χ2v) is 4.24. The molecule has 3 nitrogen and oxygen atoms in total. The van der Waals surface area contributed by atoms with Gasteiger partial charge >= 0.3 is 5.97 Å². The molecule has 1 rings (SSSR count). The molecule has 0 bridgehead atoms. The Balaban J connectivity index is 3.07. The van der Waals surface area contributed by atoms with Crippen molar-refractivity contribution in [2.75, 3.05) is 0 Å². The minimum atomic E-state index is -1.27. The molecule has 3 heteroatoms. The van der Waals surface area contributed by atoms with E-state index in [4.69, 9.17) is 5.73 Å². The molecular formula is C12H17NO2. The number of carboxylic acid groups (broad SMARTS) is 1. The quantitative estimate of drug-likeness (QED) is 0.793. The van der Waals surface area contributed by atoms with Gasteiger partial charge in [-0.2, -0.15) is 0 Å². The van der Waals surface area contributed by atoms with Crippen molar-refractivity contribution < 1.29 is 9.90 Å². The van der Waals surface area contributed by atoms with E-state index in [2.05, 4.69) is 0 Å². The van der Waals surface area contributed by atoms with Crippen LogP contribution in [-0.2, 0) is 10.3 Å². The number of hydrogen-bond acceptors (Lipinski definition) is 2. The van der Waals surface area contributed by atoms with E-state index in [9.17, 15) is 9.90 Å². The smallest absolute Gasteiger partial charge is 0.328 e. The van der Waals surface area contributed by atoms with Crippen molar-refractivity contribution in [3.63, 3.8) is 0 Å². The van der Waals surface area contributed by atoms with Gasteiger partial charge in [0, 0.05) is 0 Å². The number of hydrogen-bond donors (Lipinski definition) is 2. The Bertz CT molecular complexity index is 335. The second-order valence-electron chi connectivity index (χ2n) is 4.24. The molecule has 0 aromatic heterocycles. The number of carbonyl (C=O) groups is 1. The molecule has 0 fully saturated rings. The molecule has 0 unspecified atom stereocenters. The fraction of sp³-hybridized carbons (Fsp3) is 0.417. The largest absolute Gasteiger partial charge is 0.480 e. The van der Waals surface area contributed by atoms with E-state index >= 15 is 0 Å². The van der Waals surface area contributed by atoms with Crippen molar-refractivity contribution in [3.05, 3.63) is 35.9 Å². The zero-order valence-corrected chi connectivity index (χ0v) is 9.10. The van der Waals surface area contributed by atoms with Gasteiger partial charge in [0.25, 0.3) is 0 Å². The van der Waals surface area contributed by atoms with Crippen molar-refractivity contribution in [1.82, 2.24) is 0 Å². The van der Waals surface area contributed by atoms with E-state index in [-0.39, 0.29) is 5.92 Å². The Morgan fingerprint density at radius 1 is 1.40 bits per heavy atom. The molecular weight excluding hydrogens is 190 g/mol. The molecule has 0 saturated carbocycles. The van der Waals surface area contributed by atoms with E-state index in [0.29, 0.717) is 12.0 Å². The summed E-state index contributed by atoms with van der Waals surface area (Å²) in [5.41, 5.74) is 5.35. The predicted octanol–water partition coefficient (Wildman–Crippen LogP) is 1.97. The Morgan fingerprint density at radius 2 is 1.93 bits per heavy atom. The van der Waals surface area contributed by atoms with Crippen LogP contribution in [0.1, 0.15) is 25.8 Å². The van der Waals surface area contributed by atoms with Crippen LogP contribution < -0.4 is 5.73 Å². The van der Waals surface area contributed by atoms with Crippen molar-refractivity contribution in [2.45, 2.75) is 25.8 Å². The maximum absolute atomic E-state index is 11.2. The summed E-state index contributed by atoms with van der Waals surface area (Å²) in [6.07, 6.45) is 0.437.